The van der Waals surface area contributed by atoms with E-state index in [-0.39, 0.29) is 0 Å². The summed E-state index contributed by atoms with van der Waals surface area (Å²) in [6.07, 6.45) is 1.93. The summed E-state index contributed by atoms with van der Waals surface area (Å²) >= 11 is 1.78. The predicted octanol–water partition coefficient (Wildman–Crippen LogP) is 2.56. The highest BCUT2D eigenvalue weighted by molar-refractivity contribution is 7.11. The Hall–Kier alpha value is -1.20. The molecular weight excluding hydrogens is 256 g/mol. The van der Waals surface area contributed by atoms with Gasteiger partial charge in [0, 0.05) is 30.1 Å². The van der Waals surface area contributed by atoms with Crippen LogP contribution in [-0.2, 0) is 19.9 Å². The molecule has 0 aromatic carbocycles. The zero-order valence-electron chi connectivity index (χ0n) is 12.3. The lowest BCUT2D eigenvalue weighted by Gasteiger charge is -2.15. The Labute approximate surface area is 118 Å². The average molecular weight is 278 g/mol. The molecule has 0 spiro atoms. The fourth-order valence-corrected chi connectivity index (χ4v) is 3.38. The van der Waals surface area contributed by atoms with Crippen LogP contribution in [0, 0.1) is 13.8 Å². The maximum atomic E-state index is 4.52. The standard InChI is InChI=1S/C14H22N4S/c1-6-11-7-12(18(5)17-11)8-13(15-4)14-9(2)16-10(3)19-14/h7,13,15H,6,8H2,1-5H3. The second-order valence-electron chi connectivity index (χ2n) is 4.83. The van der Waals surface area contributed by atoms with Gasteiger partial charge >= 0.3 is 0 Å². The molecule has 4 nitrogen and oxygen atoms in total. The molecule has 104 valence electrons. The first-order chi connectivity index (χ1) is 9.05. The zero-order valence-corrected chi connectivity index (χ0v) is 13.1. The maximum absolute atomic E-state index is 4.52. The molecule has 0 aliphatic rings. The molecule has 0 bridgehead atoms. The maximum Gasteiger partial charge on any atom is 0.0900 e. The quantitative estimate of drug-likeness (QED) is 0.914. The molecule has 0 saturated carbocycles. The van der Waals surface area contributed by atoms with Crippen LogP contribution in [-0.4, -0.2) is 21.8 Å². The van der Waals surface area contributed by atoms with Gasteiger partial charge in [0.2, 0.25) is 0 Å². The summed E-state index contributed by atoms with van der Waals surface area (Å²) in [6.45, 7) is 6.29. The van der Waals surface area contributed by atoms with Crippen LogP contribution in [0.25, 0.3) is 0 Å². The average Bonchev–Trinajstić information content (AvgIpc) is 2.89. The minimum absolute atomic E-state index is 0.311. The molecule has 2 aromatic heterocycles. The SMILES string of the molecule is CCc1cc(CC(NC)c2sc(C)nc2C)n(C)n1. The van der Waals surface area contributed by atoms with E-state index in [1.54, 1.807) is 11.3 Å². The largest absolute Gasteiger partial charge is 0.312 e. The monoisotopic (exact) mass is 278 g/mol. The summed E-state index contributed by atoms with van der Waals surface area (Å²) in [5.74, 6) is 0. The highest BCUT2D eigenvalue weighted by Crippen LogP contribution is 2.27. The molecule has 1 unspecified atom stereocenters. The molecule has 5 heteroatoms. The molecule has 0 radical (unpaired) electrons. The van der Waals surface area contributed by atoms with Crippen LogP contribution in [0.4, 0.5) is 0 Å². The Morgan fingerprint density at radius 3 is 2.63 bits per heavy atom. The number of hydrogen-bond acceptors (Lipinski definition) is 4. The van der Waals surface area contributed by atoms with Gasteiger partial charge in [-0.3, -0.25) is 4.68 Å². The first kappa shape index (κ1) is 14.2. The number of hydrogen-bond donors (Lipinski definition) is 1. The van der Waals surface area contributed by atoms with Crippen molar-refractivity contribution in [3.63, 3.8) is 0 Å². The third-order valence-corrected chi connectivity index (χ3v) is 4.59. The van der Waals surface area contributed by atoms with Crippen molar-refractivity contribution < 1.29 is 0 Å². The molecule has 0 fully saturated rings. The lowest BCUT2D eigenvalue weighted by atomic mass is 10.1. The summed E-state index contributed by atoms with van der Waals surface area (Å²) in [6, 6.07) is 2.51. The molecule has 1 N–H and O–H groups in total. The van der Waals surface area contributed by atoms with Crippen LogP contribution in [0.1, 0.15) is 39.9 Å². The molecule has 0 amide bonds. The van der Waals surface area contributed by atoms with Crippen LogP contribution < -0.4 is 5.32 Å². The first-order valence-electron chi connectivity index (χ1n) is 6.68. The van der Waals surface area contributed by atoms with Gasteiger partial charge in [-0.25, -0.2) is 4.98 Å². The summed E-state index contributed by atoms with van der Waals surface area (Å²) in [7, 11) is 4.03. The molecule has 0 aliphatic carbocycles. The Morgan fingerprint density at radius 2 is 2.16 bits per heavy atom. The van der Waals surface area contributed by atoms with E-state index in [0.29, 0.717) is 6.04 Å². The predicted molar refractivity (Wildman–Crippen MR) is 79.7 cm³/mol. The molecule has 0 saturated heterocycles. The number of thiazole rings is 1. The van der Waals surface area contributed by atoms with E-state index < -0.39 is 0 Å². The second-order valence-corrected chi connectivity index (χ2v) is 6.07. The minimum Gasteiger partial charge on any atom is -0.312 e. The van der Waals surface area contributed by atoms with Gasteiger partial charge in [-0.1, -0.05) is 6.92 Å². The van der Waals surface area contributed by atoms with Gasteiger partial charge in [0.05, 0.1) is 16.4 Å². The summed E-state index contributed by atoms with van der Waals surface area (Å²) in [4.78, 5) is 5.85. The fraction of sp³-hybridized carbons (Fsp3) is 0.571. The lowest BCUT2D eigenvalue weighted by Crippen LogP contribution is -2.20. The van der Waals surface area contributed by atoms with E-state index in [1.807, 2.05) is 18.8 Å². The van der Waals surface area contributed by atoms with Crippen molar-refractivity contribution in [2.75, 3.05) is 7.05 Å². The van der Waals surface area contributed by atoms with Crippen molar-refractivity contribution in [2.24, 2.45) is 7.05 Å². The number of rotatable bonds is 5. The smallest absolute Gasteiger partial charge is 0.0900 e. The van der Waals surface area contributed by atoms with Gasteiger partial charge in [-0.15, -0.1) is 11.3 Å². The Morgan fingerprint density at radius 1 is 1.42 bits per heavy atom. The number of nitrogens with one attached hydrogen (secondary N) is 1. The Balaban J connectivity index is 2.23. The Bertz CT molecular complexity index is 556. The molecule has 2 heterocycles. The van der Waals surface area contributed by atoms with Gasteiger partial charge < -0.3 is 5.32 Å². The molecule has 2 rings (SSSR count). The van der Waals surface area contributed by atoms with Gasteiger partial charge in [0.25, 0.3) is 0 Å². The van der Waals surface area contributed by atoms with Gasteiger partial charge in [-0.2, -0.15) is 5.10 Å². The van der Waals surface area contributed by atoms with E-state index in [9.17, 15) is 0 Å². The van der Waals surface area contributed by atoms with Gasteiger partial charge in [0.15, 0.2) is 0 Å². The second kappa shape index (κ2) is 5.84. The summed E-state index contributed by atoms with van der Waals surface area (Å²) in [5.41, 5.74) is 3.56. The van der Waals surface area contributed by atoms with Gasteiger partial charge in [-0.05, 0) is 33.4 Å². The van der Waals surface area contributed by atoms with E-state index in [2.05, 4.69) is 42.2 Å². The van der Waals surface area contributed by atoms with Crippen molar-refractivity contribution in [3.05, 3.63) is 33.0 Å². The lowest BCUT2D eigenvalue weighted by molar-refractivity contribution is 0.565. The fourth-order valence-electron chi connectivity index (χ4n) is 2.34. The molecular formula is C14H22N4S. The highest BCUT2D eigenvalue weighted by Gasteiger charge is 2.18. The molecule has 1 atom stereocenters. The highest BCUT2D eigenvalue weighted by atomic mass is 32.1. The number of aromatic nitrogens is 3. The third kappa shape index (κ3) is 3.04. The molecule has 0 aliphatic heterocycles. The van der Waals surface area contributed by atoms with Crippen LogP contribution in [0.15, 0.2) is 6.07 Å². The molecule has 19 heavy (non-hydrogen) atoms. The van der Waals surface area contributed by atoms with Crippen LogP contribution in [0.3, 0.4) is 0 Å². The van der Waals surface area contributed by atoms with Crippen molar-refractivity contribution >= 4 is 11.3 Å². The Kier molecular flexibility index (Phi) is 4.37. The minimum atomic E-state index is 0.311. The van der Waals surface area contributed by atoms with E-state index in [4.69, 9.17) is 0 Å². The van der Waals surface area contributed by atoms with Gasteiger partial charge in [0.1, 0.15) is 0 Å². The van der Waals surface area contributed by atoms with Crippen molar-refractivity contribution in [1.82, 2.24) is 20.1 Å². The molecule has 2 aromatic rings. The van der Waals surface area contributed by atoms with E-state index >= 15 is 0 Å². The number of likely N-dealkylation sites (N-methyl/N-ethyl adjacent to an activating group) is 1. The van der Waals surface area contributed by atoms with Crippen molar-refractivity contribution in [2.45, 2.75) is 39.7 Å². The number of aryl methyl sites for hydroxylation is 4. The first-order valence-corrected chi connectivity index (χ1v) is 7.49. The summed E-state index contributed by atoms with van der Waals surface area (Å²) in [5, 5.41) is 9.05. The van der Waals surface area contributed by atoms with Crippen LogP contribution in [0.5, 0.6) is 0 Å². The third-order valence-electron chi connectivity index (χ3n) is 3.41. The van der Waals surface area contributed by atoms with Crippen LogP contribution >= 0.6 is 11.3 Å². The zero-order chi connectivity index (χ0) is 14.0. The van der Waals surface area contributed by atoms with Crippen LogP contribution in [0.2, 0.25) is 0 Å². The van der Waals surface area contributed by atoms with Crippen molar-refractivity contribution in [1.29, 1.82) is 0 Å². The summed E-state index contributed by atoms with van der Waals surface area (Å²) < 4.78 is 1.99. The topological polar surface area (TPSA) is 42.7 Å². The van der Waals surface area contributed by atoms with E-state index in [0.717, 1.165) is 29.2 Å². The number of nitrogens with zero attached hydrogens (tertiary/aromatic N) is 3. The van der Waals surface area contributed by atoms with Crippen molar-refractivity contribution in [3.8, 4) is 0 Å². The van der Waals surface area contributed by atoms with E-state index in [1.165, 1.54) is 10.6 Å². The normalized spacial score (nSPS) is 12.9.